The summed E-state index contributed by atoms with van der Waals surface area (Å²) < 4.78 is 39.9. The molecular weight excluding hydrogens is 704 g/mol. The van der Waals surface area contributed by atoms with Crippen LogP contribution < -0.4 is 28.4 Å². The van der Waals surface area contributed by atoms with Gasteiger partial charge in [0, 0.05) is 38.0 Å². The number of hydrogen-bond donors (Lipinski definition) is 1. The molecule has 0 radical (unpaired) electrons. The molecular formula is C43H56N2O10. The number of benzene rings is 3. The molecule has 4 atom stereocenters. The highest BCUT2D eigenvalue weighted by Gasteiger charge is 2.60. The average molecular weight is 761 g/mol. The first-order valence-corrected chi connectivity index (χ1v) is 18.9. The fourth-order valence-corrected chi connectivity index (χ4v) is 8.45. The SMILES string of the molecule is C=CCC(C(=O)N1CCCC(c2ccc(OC)c(OC)c2)C1(C(=O)O)C(CC)c1cccc(OCCN2CCOCC2)c1)c1cc(OC)c(OC)c(OC)c1. The molecule has 0 aromatic heterocycles. The van der Waals surface area contributed by atoms with Gasteiger partial charge in [-0.2, -0.15) is 0 Å². The van der Waals surface area contributed by atoms with Gasteiger partial charge in [-0.1, -0.05) is 31.2 Å². The van der Waals surface area contributed by atoms with Crippen molar-refractivity contribution in [3.8, 4) is 34.5 Å². The van der Waals surface area contributed by atoms with E-state index in [0.29, 0.717) is 79.1 Å². The molecule has 3 aromatic rings. The van der Waals surface area contributed by atoms with Gasteiger partial charge in [0.15, 0.2) is 28.5 Å². The Kier molecular flexibility index (Phi) is 14.3. The van der Waals surface area contributed by atoms with E-state index >= 15 is 4.79 Å². The minimum atomic E-state index is -1.73. The Bertz CT molecular complexity index is 1750. The molecule has 0 saturated carbocycles. The molecule has 55 heavy (non-hydrogen) atoms. The number of rotatable bonds is 18. The molecule has 2 aliphatic heterocycles. The highest BCUT2D eigenvalue weighted by atomic mass is 16.5. The van der Waals surface area contributed by atoms with E-state index in [4.69, 9.17) is 33.2 Å². The zero-order valence-electron chi connectivity index (χ0n) is 33.0. The van der Waals surface area contributed by atoms with Gasteiger partial charge in [-0.3, -0.25) is 9.69 Å². The molecule has 4 unspecified atom stereocenters. The zero-order chi connectivity index (χ0) is 39.5. The minimum Gasteiger partial charge on any atom is -0.493 e. The van der Waals surface area contributed by atoms with Crippen molar-refractivity contribution in [2.75, 3.05) is 81.5 Å². The Labute approximate surface area is 324 Å². The fraction of sp³-hybridized carbons (Fsp3) is 0.488. The molecule has 0 aliphatic carbocycles. The number of allylic oxidation sites excluding steroid dienone is 1. The van der Waals surface area contributed by atoms with Crippen molar-refractivity contribution in [3.05, 3.63) is 83.9 Å². The Morgan fingerprint density at radius 2 is 1.58 bits per heavy atom. The number of hydrogen-bond acceptors (Lipinski definition) is 10. The predicted octanol–water partition coefficient (Wildman–Crippen LogP) is 6.52. The van der Waals surface area contributed by atoms with Crippen LogP contribution in [-0.4, -0.2) is 114 Å². The summed E-state index contributed by atoms with van der Waals surface area (Å²) in [4.78, 5) is 33.8. The Balaban J connectivity index is 1.66. The maximum atomic E-state index is 15.4. The lowest BCUT2D eigenvalue weighted by Gasteiger charge is -2.54. The van der Waals surface area contributed by atoms with Gasteiger partial charge in [-0.05, 0) is 78.8 Å². The molecule has 0 bridgehead atoms. The van der Waals surface area contributed by atoms with Gasteiger partial charge in [0.1, 0.15) is 12.4 Å². The monoisotopic (exact) mass is 760 g/mol. The van der Waals surface area contributed by atoms with Gasteiger partial charge in [-0.15, -0.1) is 6.58 Å². The minimum absolute atomic E-state index is 0.235. The van der Waals surface area contributed by atoms with Gasteiger partial charge in [0.2, 0.25) is 11.7 Å². The number of carbonyl (C=O) groups is 2. The largest absolute Gasteiger partial charge is 0.493 e. The van der Waals surface area contributed by atoms with Crippen molar-refractivity contribution in [2.24, 2.45) is 0 Å². The number of piperidine rings is 1. The summed E-state index contributed by atoms with van der Waals surface area (Å²) in [7, 11) is 7.67. The molecule has 298 valence electrons. The van der Waals surface area contributed by atoms with Crippen LogP contribution in [0.3, 0.4) is 0 Å². The van der Waals surface area contributed by atoms with E-state index in [1.165, 1.54) is 21.3 Å². The van der Waals surface area contributed by atoms with Crippen LogP contribution in [0.5, 0.6) is 34.5 Å². The quantitative estimate of drug-likeness (QED) is 0.143. The molecule has 2 saturated heterocycles. The van der Waals surface area contributed by atoms with Crippen LogP contribution in [0.15, 0.2) is 67.3 Å². The zero-order valence-corrected chi connectivity index (χ0v) is 33.0. The first kappa shape index (κ1) is 41.2. The predicted molar refractivity (Wildman–Crippen MR) is 209 cm³/mol. The number of carboxylic acid groups (broad SMARTS) is 1. The van der Waals surface area contributed by atoms with E-state index < -0.39 is 29.3 Å². The van der Waals surface area contributed by atoms with Gasteiger partial charge < -0.3 is 43.2 Å². The second kappa shape index (κ2) is 19.1. The molecule has 12 nitrogen and oxygen atoms in total. The number of aliphatic carboxylic acids is 1. The molecule has 3 aromatic carbocycles. The lowest BCUT2D eigenvalue weighted by atomic mass is 9.62. The van der Waals surface area contributed by atoms with Crippen molar-refractivity contribution in [3.63, 3.8) is 0 Å². The third-order valence-electron chi connectivity index (χ3n) is 11.0. The Morgan fingerprint density at radius 1 is 0.891 bits per heavy atom. The summed E-state index contributed by atoms with van der Waals surface area (Å²) in [6.45, 7) is 10.5. The van der Waals surface area contributed by atoms with Gasteiger partial charge in [0.25, 0.3) is 0 Å². The highest BCUT2D eigenvalue weighted by molar-refractivity contribution is 5.93. The number of likely N-dealkylation sites (tertiary alicyclic amines) is 1. The summed E-state index contributed by atoms with van der Waals surface area (Å²) in [6.07, 6.45) is 3.45. The molecule has 1 N–H and O–H groups in total. The van der Waals surface area contributed by atoms with Crippen molar-refractivity contribution in [2.45, 2.75) is 55.9 Å². The van der Waals surface area contributed by atoms with Crippen molar-refractivity contribution in [1.82, 2.24) is 9.80 Å². The number of carboxylic acids is 1. The number of amides is 1. The summed E-state index contributed by atoms with van der Waals surface area (Å²) in [6, 6.07) is 16.7. The van der Waals surface area contributed by atoms with E-state index in [0.717, 1.165) is 30.8 Å². The third-order valence-corrected chi connectivity index (χ3v) is 11.0. The summed E-state index contributed by atoms with van der Waals surface area (Å²) in [5, 5.41) is 11.8. The number of nitrogens with zero attached hydrogens (tertiary/aromatic N) is 2. The van der Waals surface area contributed by atoms with Crippen molar-refractivity contribution in [1.29, 1.82) is 0 Å². The molecule has 1 amide bonds. The highest BCUT2D eigenvalue weighted by Crippen LogP contribution is 2.53. The molecule has 2 heterocycles. The molecule has 2 fully saturated rings. The summed E-state index contributed by atoms with van der Waals surface area (Å²) in [5.74, 6) is -0.670. The van der Waals surface area contributed by atoms with E-state index in [9.17, 15) is 9.90 Å². The topological polar surface area (TPSA) is 125 Å². The second-order valence-electron chi connectivity index (χ2n) is 13.8. The third kappa shape index (κ3) is 8.50. The number of methoxy groups -OCH3 is 5. The van der Waals surface area contributed by atoms with Gasteiger partial charge in [0.05, 0.1) is 54.7 Å². The number of carbonyl (C=O) groups excluding carboxylic acids is 1. The average Bonchev–Trinajstić information content (AvgIpc) is 3.22. The van der Waals surface area contributed by atoms with Crippen LogP contribution in [0.25, 0.3) is 0 Å². The van der Waals surface area contributed by atoms with Crippen LogP contribution in [-0.2, 0) is 14.3 Å². The van der Waals surface area contributed by atoms with E-state index in [-0.39, 0.29) is 18.9 Å². The lowest BCUT2D eigenvalue weighted by Crippen LogP contribution is -2.66. The molecule has 5 rings (SSSR count). The van der Waals surface area contributed by atoms with Gasteiger partial charge >= 0.3 is 5.97 Å². The smallest absolute Gasteiger partial charge is 0.330 e. The maximum absolute atomic E-state index is 15.4. The lowest BCUT2D eigenvalue weighted by molar-refractivity contribution is -0.168. The van der Waals surface area contributed by atoms with Crippen molar-refractivity contribution < 1.29 is 47.9 Å². The maximum Gasteiger partial charge on any atom is 0.330 e. The fourth-order valence-electron chi connectivity index (χ4n) is 8.45. The number of ether oxygens (including phenoxy) is 7. The van der Waals surface area contributed by atoms with Crippen LogP contribution in [0.2, 0.25) is 0 Å². The molecule has 0 spiro atoms. The van der Waals surface area contributed by atoms with Gasteiger partial charge in [-0.25, -0.2) is 4.79 Å². The first-order chi connectivity index (χ1) is 26.7. The summed E-state index contributed by atoms with van der Waals surface area (Å²) in [5.41, 5.74) is 0.375. The standard InChI is InChI=1S/C43H56N2O10/c1-8-12-33(31-27-38(51-5)40(53-7)39(28-31)52-6)41(46)45-18-11-15-35(30-16-17-36(49-3)37(26-30)50-4)43(45,42(47)48)34(9-2)29-13-10-14-32(25-29)55-24-21-44-19-22-54-23-20-44/h8,10,13-14,16-17,25-28,33-35H,1,9,11-12,15,18-24H2,2-7H3,(H,47,48). The van der Waals surface area contributed by atoms with Crippen LogP contribution in [0, 0.1) is 0 Å². The normalized spacial score (nSPS) is 19.8. The Hall–Kier alpha value is -4.94. The van der Waals surface area contributed by atoms with Crippen LogP contribution in [0.4, 0.5) is 0 Å². The second-order valence-corrected chi connectivity index (χ2v) is 13.8. The molecule has 2 aliphatic rings. The number of morpholine rings is 1. The van der Waals surface area contributed by atoms with E-state index in [1.54, 1.807) is 43.4 Å². The van der Waals surface area contributed by atoms with Crippen LogP contribution in [0.1, 0.15) is 67.1 Å². The summed E-state index contributed by atoms with van der Waals surface area (Å²) >= 11 is 0. The molecule has 12 heteroatoms. The van der Waals surface area contributed by atoms with Crippen LogP contribution >= 0.6 is 0 Å². The van der Waals surface area contributed by atoms with E-state index in [1.807, 2.05) is 43.3 Å². The van der Waals surface area contributed by atoms with E-state index in [2.05, 4.69) is 11.5 Å². The first-order valence-electron chi connectivity index (χ1n) is 18.9. The Morgan fingerprint density at radius 3 is 2.18 bits per heavy atom. The van der Waals surface area contributed by atoms with Crippen molar-refractivity contribution >= 4 is 11.9 Å².